The molecule has 0 bridgehead atoms. The molecule has 0 aliphatic carbocycles. The van der Waals surface area contributed by atoms with Crippen molar-refractivity contribution in [2.45, 2.75) is 20.8 Å². The molecule has 0 atom stereocenters. The minimum Gasteiger partial charge on any atom is -0.373 e. The summed E-state index contributed by atoms with van der Waals surface area (Å²) in [6, 6.07) is 4.00. The SMILES string of the molecule is CNc1cc(C)nc(-c2ncc(C)cc2C)n1. The van der Waals surface area contributed by atoms with E-state index in [0.29, 0.717) is 5.82 Å². The second kappa shape index (κ2) is 4.49. The van der Waals surface area contributed by atoms with Crippen LogP contribution in [0.15, 0.2) is 18.3 Å². The summed E-state index contributed by atoms with van der Waals surface area (Å²) < 4.78 is 0. The van der Waals surface area contributed by atoms with E-state index in [2.05, 4.69) is 26.3 Å². The molecule has 2 aromatic heterocycles. The molecule has 0 aliphatic rings. The number of pyridine rings is 1. The van der Waals surface area contributed by atoms with E-state index in [9.17, 15) is 0 Å². The Morgan fingerprint density at radius 3 is 2.47 bits per heavy atom. The van der Waals surface area contributed by atoms with E-state index in [1.165, 1.54) is 0 Å². The fraction of sp³-hybridized carbons (Fsp3) is 0.308. The minimum absolute atomic E-state index is 0.673. The number of rotatable bonds is 2. The van der Waals surface area contributed by atoms with Gasteiger partial charge in [-0.05, 0) is 31.9 Å². The minimum atomic E-state index is 0.673. The van der Waals surface area contributed by atoms with E-state index in [0.717, 1.165) is 28.3 Å². The van der Waals surface area contributed by atoms with Crippen molar-refractivity contribution in [3.05, 3.63) is 35.2 Å². The lowest BCUT2D eigenvalue weighted by atomic mass is 10.1. The van der Waals surface area contributed by atoms with E-state index < -0.39 is 0 Å². The maximum atomic E-state index is 4.43. The van der Waals surface area contributed by atoms with Crippen LogP contribution in [-0.4, -0.2) is 22.0 Å². The Morgan fingerprint density at radius 2 is 1.82 bits per heavy atom. The van der Waals surface area contributed by atoms with Crippen LogP contribution in [0.4, 0.5) is 5.82 Å². The molecule has 88 valence electrons. The number of hydrogen-bond acceptors (Lipinski definition) is 4. The van der Waals surface area contributed by atoms with Gasteiger partial charge in [0.2, 0.25) is 0 Å². The highest BCUT2D eigenvalue weighted by molar-refractivity contribution is 5.57. The molecule has 2 aromatic rings. The Kier molecular flexibility index (Phi) is 3.04. The van der Waals surface area contributed by atoms with E-state index >= 15 is 0 Å². The van der Waals surface area contributed by atoms with Crippen molar-refractivity contribution >= 4 is 5.82 Å². The van der Waals surface area contributed by atoms with Crippen LogP contribution < -0.4 is 5.32 Å². The maximum absolute atomic E-state index is 4.43. The Labute approximate surface area is 101 Å². The molecule has 0 radical (unpaired) electrons. The monoisotopic (exact) mass is 228 g/mol. The van der Waals surface area contributed by atoms with Crippen molar-refractivity contribution in [1.29, 1.82) is 0 Å². The fourth-order valence-corrected chi connectivity index (χ4v) is 1.75. The van der Waals surface area contributed by atoms with Gasteiger partial charge in [-0.3, -0.25) is 4.98 Å². The van der Waals surface area contributed by atoms with Gasteiger partial charge in [-0.1, -0.05) is 6.07 Å². The zero-order valence-electron chi connectivity index (χ0n) is 10.6. The summed E-state index contributed by atoms with van der Waals surface area (Å²) in [6.45, 7) is 6.01. The lowest BCUT2D eigenvalue weighted by molar-refractivity contribution is 1.07. The van der Waals surface area contributed by atoms with Crippen molar-refractivity contribution in [2.75, 3.05) is 12.4 Å². The molecule has 0 unspecified atom stereocenters. The molecule has 1 N–H and O–H groups in total. The summed E-state index contributed by atoms with van der Waals surface area (Å²) in [7, 11) is 1.85. The van der Waals surface area contributed by atoms with Gasteiger partial charge in [0.1, 0.15) is 11.5 Å². The van der Waals surface area contributed by atoms with Gasteiger partial charge in [-0.25, -0.2) is 9.97 Å². The first-order chi connectivity index (χ1) is 8.10. The highest BCUT2D eigenvalue weighted by Gasteiger charge is 2.08. The summed E-state index contributed by atoms with van der Waals surface area (Å²) in [6.07, 6.45) is 1.84. The third kappa shape index (κ3) is 2.41. The average Bonchev–Trinajstić information content (AvgIpc) is 2.28. The summed E-state index contributed by atoms with van der Waals surface area (Å²) >= 11 is 0. The van der Waals surface area contributed by atoms with Crippen molar-refractivity contribution in [1.82, 2.24) is 15.0 Å². The maximum Gasteiger partial charge on any atom is 0.180 e. The molecule has 0 fully saturated rings. The second-order valence-electron chi connectivity index (χ2n) is 4.15. The molecule has 17 heavy (non-hydrogen) atoms. The summed E-state index contributed by atoms with van der Waals surface area (Å²) in [4.78, 5) is 13.3. The van der Waals surface area contributed by atoms with Crippen molar-refractivity contribution in [3.8, 4) is 11.5 Å². The summed E-state index contributed by atoms with van der Waals surface area (Å²) in [5, 5.41) is 3.03. The Hall–Kier alpha value is -1.97. The van der Waals surface area contributed by atoms with Crippen LogP contribution in [0.1, 0.15) is 16.8 Å². The van der Waals surface area contributed by atoms with Gasteiger partial charge in [-0.15, -0.1) is 0 Å². The van der Waals surface area contributed by atoms with Crippen molar-refractivity contribution in [2.24, 2.45) is 0 Å². The normalized spacial score (nSPS) is 10.4. The Balaban J connectivity index is 2.55. The van der Waals surface area contributed by atoms with Crippen LogP contribution in [0.2, 0.25) is 0 Å². The van der Waals surface area contributed by atoms with Gasteiger partial charge < -0.3 is 5.32 Å². The van der Waals surface area contributed by atoms with Crippen LogP contribution in [0.5, 0.6) is 0 Å². The molecule has 2 heterocycles. The van der Waals surface area contributed by atoms with Crippen LogP contribution in [0.25, 0.3) is 11.5 Å². The van der Waals surface area contributed by atoms with E-state index in [4.69, 9.17) is 0 Å². The quantitative estimate of drug-likeness (QED) is 0.858. The lowest BCUT2D eigenvalue weighted by Gasteiger charge is -2.07. The number of aromatic nitrogens is 3. The molecule has 0 spiro atoms. The van der Waals surface area contributed by atoms with Gasteiger partial charge in [0.15, 0.2) is 5.82 Å². The molecular weight excluding hydrogens is 212 g/mol. The largest absolute Gasteiger partial charge is 0.373 e. The third-order valence-corrected chi connectivity index (χ3v) is 2.54. The van der Waals surface area contributed by atoms with Crippen LogP contribution >= 0.6 is 0 Å². The average molecular weight is 228 g/mol. The predicted octanol–water partition coefficient (Wildman–Crippen LogP) is 2.51. The molecule has 0 saturated carbocycles. The standard InChI is InChI=1S/C13H16N4/c1-8-5-9(2)12(15-7-8)13-16-10(3)6-11(14-4)17-13/h5-7H,1-4H3,(H,14,16,17). The van der Waals surface area contributed by atoms with Gasteiger partial charge in [0, 0.05) is 25.0 Å². The van der Waals surface area contributed by atoms with E-state index in [1.54, 1.807) is 0 Å². The van der Waals surface area contributed by atoms with Gasteiger partial charge >= 0.3 is 0 Å². The van der Waals surface area contributed by atoms with E-state index in [-0.39, 0.29) is 0 Å². The molecule has 0 aliphatic heterocycles. The second-order valence-corrected chi connectivity index (χ2v) is 4.15. The number of nitrogens with one attached hydrogen (secondary N) is 1. The number of hydrogen-bond donors (Lipinski definition) is 1. The first-order valence-corrected chi connectivity index (χ1v) is 5.57. The molecule has 4 heteroatoms. The smallest absolute Gasteiger partial charge is 0.180 e. The van der Waals surface area contributed by atoms with Crippen LogP contribution in [0, 0.1) is 20.8 Å². The van der Waals surface area contributed by atoms with Crippen LogP contribution in [-0.2, 0) is 0 Å². The highest BCUT2D eigenvalue weighted by atomic mass is 15.0. The zero-order chi connectivity index (χ0) is 12.4. The first-order valence-electron chi connectivity index (χ1n) is 5.57. The third-order valence-electron chi connectivity index (χ3n) is 2.54. The molecular formula is C13H16N4. The number of nitrogens with zero attached hydrogens (tertiary/aromatic N) is 3. The lowest BCUT2D eigenvalue weighted by Crippen LogP contribution is -2.01. The topological polar surface area (TPSA) is 50.7 Å². The molecule has 0 amide bonds. The van der Waals surface area contributed by atoms with Crippen molar-refractivity contribution < 1.29 is 0 Å². The Morgan fingerprint density at radius 1 is 1.06 bits per heavy atom. The summed E-state index contributed by atoms with van der Waals surface area (Å²) in [5.41, 5.74) is 4.02. The van der Waals surface area contributed by atoms with Crippen LogP contribution in [0.3, 0.4) is 0 Å². The summed E-state index contributed by atoms with van der Waals surface area (Å²) in [5.74, 6) is 1.49. The zero-order valence-corrected chi connectivity index (χ0v) is 10.6. The molecule has 0 saturated heterocycles. The molecule has 2 rings (SSSR count). The van der Waals surface area contributed by atoms with Gasteiger partial charge in [0.05, 0.1) is 0 Å². The first kappa shape index (κ1) is 11.5. The Bertz CT molecular complexity index is 549. The predicted molar refractivity (Wildman–Crippen MR) is 69.0 cm³/mol. The fourth-order valence-electron chi connectivity index (χ4n) is 1.75. The number of anilines is 1. The van der Waals surface area contributed by atoms with Crippen molar-refractivity contribution in [3.63, 3.8) is 0 Å². The van der Waals surface area contributed by atoms with Gasteiger partial charge in [-0.2, -0.15) is 0 Å². The number of aryl methyl sites for hydroxylation is 3. The van der Waals surface area contributed by atoms with Gasteiger partial charge in [0.25, 0.3) is 0 Å². The molecule has 4 nitrogen and oxygen atoms in total. The molecule has 0 aromatic carbocycles. The highest BCUT2D eigenvalue weighted by Crippen LogP contribution is 2.19. The van der Waals surface area contributed by atoms with E-state index in [1.807, 2.05) is 40.1 Å².